The van der Waals surface area contributed by atoms with Crippen LogP contribution < -0.4 is 0 Å². The largest absolute Gasteiger partial charge is 0.392 e. The Hall–Kier alpha value is -0.370. The number of aliphatic hydroxyl groups excluding tert-OH is 1. The zero-order chi connectivity index (χ0) is 7.98. The second kappa shape index (κ2) is 5.42. The zero-order valence-corrected chi connectivity index (χ0v) is 6.71. The van der Waals surface area contributed by atoms with Crippen LogP contribution in [0.25, 0.3) is 0 Å². The molecule has 2 atom stereocenters. The Morgan fingerprint density at radius 1 is 1.50 bits per heavy atom. The Kier molecular flexibility index (Phi) is 5.22. The van der Waals surface area contributed by atoms with E-state index < -0.39 is 6.10 Å². The smallest absolute Gasteiger partial charge is 0.125 e. The maximum Gasteiger partial charge on any atom is 0.125 e. The molecule has 0 aliphatic heterocycles. The standard InChI is InChI=1S/C8H16O2/c1-3-5-8(10)7(4-2)6-9/h6-8,10H,3-5H2,1-2H3/t7-,8+/m1/s1. The molecule has 1 N–H and O–H groups in total. The third kappa shape index (κ3) is 2.97. The van der Waals surface area contributed by atoms with E-state index in [2.05, 4.69) is 0 Å². The number of rotatable bonds is 5. The van der Waals surface area contributed by atoms with Gasteiger partial charge in [-0.2, -0.15) is 0 Å². The quantitative estimate of drug-likeness (QED) is 0.592. The molecule has 0 aliphatic rings. The van der Waals surface area contributed by atoms with E-state index in [1.54, 1.807) is 0 Å². The minimum Gasteiger partial charge on any atom is -0.392 e. The van der Waals surface area contributed by atoms with Crippen molar-refractivity contribution in [2.24, 2.45) is 5.92 Å². The van der Waals surface area contributed by atoms with Gasteiger partial charge in [0.15, 0.2) is 0 Å². The summed E-state index contributed by atoms with van der Waals surface area (Å²) in [4.78, 5) is 10.3. The second-order valence-electron chi connectivity index (χ2n) is 2.56. The van der Waals surface area contributed by atoms with Gasteiger partial charge in [-0.3, -0.25) is 0 Å². The summed E-state index contributed by atoms with van der Waals surface area (Å²) in [6.45, 7) is 3.92. The van der Waals surface area contributed by atoms with Crippen LogP contribution in [0, 0.1) is 5.92 Å². The lowest BCUT2D eigenvalue weighted by atomic mass is 9.98. The summed E-state index contributed by atoms with van der Waals surface area (Å²) in [6, 6.07) is 0. The monoisotopic (exact) mass is 144 g/mol. The van der Waals surface area contributed by atoms with E-state index >= 15 is 0 Å². The van der Waals surface area contributed by atoms with Crippen LogP contribution in [-0.2, 0) is 4.79 Å². The molecule has 0 bridgehead atoms. The highest BCUT2D eigenvalue weighted by molar-refractivity contribution is 5.54. The number of carbonyl (C=O) groups excluding carboxylic acids is 1. The molecule has 0 amide bonds. The van der Waals surface area contributed by atoms with Crippen molar-refractivity contribution < 1.29 is 9.90 Å². The average Bonchev–Trinajstić information content (AvgIpc) is 1.91. The molecule has 0 aromatic carbocycles. The molecule has 0 spiro atoms. The summed E-state index contributed by atoms with van der Waals surface area (Å²) in [7, 11) is 0. The Bertz CT molecular complexity index is 91.3. The van der Waals surface area contributed by atoms with Gasteiger partial charge in [-0.1, -0.05) is 20.3 Å². The lowest BCUT2D eigenvalue weighted by Crippen LogP contribution is -2.20. The molecular formula is C8H16O2. The molecule has 2 heteroatoms. The van der Waals surface area contributed by atoms with Crippen molar-refractivity contribution in [3.8, 4) is 0 Å². The number of hydrogen-bond acceptors (Lipinski definition) is 2. The first kappa shape index (κ1) is 9.63. The van der Waals surface area contributed by atoms with Gasteiger partial charge >= 0.3 is 0 Å². The fourth-order valence-corrected chi connectivity index (χ4v) is 0.969. The normalized spacial score (nSPS) is 16.3. The summed E-state index contributed by atoms with van der Waals surface area (Å²) in [5.74, 6) is -0.153. The molecule has 0 saturated carbocycles. The summed E-state index contributed by atoms with van der Waals surface area (Å²) in [5.41, 5.74) is 0. The summed E-state index contributed by atoms with van der Waals surface area (Å²) in [5, 5.41) is 9.28. The molecule has 0 fully saturated rings. The van der Waals surface area contributed by atoms with Gasteiger partial charge in [-0.15, -0.1) is 0 Å². The zero-order valence-electron chi connectivity index (χ0n) is 6.71. The van der Waals surface area contributed by atoms with Crippen LogP contribution in [0.3, 0.4) is 0 Å². The Morgan fingerprint density at radius 3 is 2.40 bits per heavy atom. The number of carbonyl (C=O) groups is 1. The first-order valence-corrected chi connectivity index (χ1v) is 3.89. The fraction of sp³-hybridized carbons (Fsp3) is 0.875. The van der Waals surface area contributed by atoms with Crippen molar-refractivity contribution in [2.75, 3.05) is 0 Å². The van der Waals surface area contributed by atoms with Gasteiger partial charge in [-0.25, -0.2) is 0 Å². The first-order chi connectivity index (χ1) is 4.76. The lowest BCUT2D eigenvalue weighted by Gasteiger charge is -2.13. The minimum atomic E-state index is -0.424. The highest BCUT2D eigenvalue weighted by Crippen LogP contribution is 2.10. The maximum absolute atomic E-state index is 10.3. The summed E-state index contributed by atoms with van der Waals surface area (Å²) in [6.07, 6.45) is 2.83. The van der Waals surface area contributed by atoms with Crippen LogP contribution in [0.4, 0.5) is 0 Å². The molecule has 0 saturated heterocycles. The fourth-order valence-electron chi connectivity index (χ4n) is 0.969. The molecule has 0 aromatic rings. The van der Waals surface area contributed by atoms with Gasteiger partial charge in [0, 0.05) is 5.92 Å². The molecule has 60 valence electrons. The van der Waals surface area contributed by atoms with Crippen molar-refractivity contribution in [1.29, 1.82) is 0 Å². The Labute approximate surface area is 62.2 Å². The third-order valence-electron chi connectivity index (χ3n) is 1.72. The average molecular weight is 144 g/mol. The molecular weight excluding hydrogens is 128 g/mol. The highest BCUT2D eigenvalue weighted by Gasteiger charge is 2.14. The first-order valence-electron chi connectivity index (χ1n) is 3.89. The molecule has 0 aliphatic carbocycles. The molecule has 0 aromatic heterocycles. The minimum absolute atomic E-state index is 0.153. The van der Waals surface area contributed by atoms with E-state index in [-0.39, 0.29) is 5.92 Å². The van der Waals surface area contributed by atoms with E-state index in [1.807, 2.05) is 13.8 Å². The van der Waals surface area contributed by atoms with Crippen molar-refractivity contribution in [3.05, 3.63) is 0 Å². The summed E-state index contributed by atoms with van der Waals surface area (Å²) < 4.78 is 0. The van der Waals surface area contributed by atoms with E-state index in [1.165, 1.54) is 0 Å². The maximum atomic E-state index is 10.3. The van der Waals surface area contributed by atoms with Crippen molar-refractivity contribution >= 4 is 6.29 Å². The topological polar surface area (TPSA) is 37.3 Å². The van der Waals surface area contributed by atoms with E-state index in [4.69, 9.17) is 0 Å². The molecule has 10 heavy (non-hydrogen) atoms. The number of aliphatic hydroxyl groups is 1. The van der Waals surface area contributed by atoms with Gasteiger partial charge in [-0.05, 0) is 12.8 Å². The predicted octanol–water partition coefficient (Wildman–Crippen LogP) is 1.37. The molecule has 0 rings (SSSR count). The summed E-state index contributed by atoms with van der Waals surface area (Å²) >= 11 is 0. The van der Waals surface area contributed by atoms with Crippen molar-refractivity contribution in [1.82, 2.24) is 0 Å². The number of hydrogen-bond donors (Lipinski definition) is 1. The Balaban J connectivity index is 3.63. The van der Waals surface area contributed by atoms with E-state index in [0.29, 0.717) is 0 Å². The second-order valence-corrected chi connectivity index (χ2v) is 2.56. The highest BCUT2D eigenvalue weighted by atomic mass is 16.3. The van der Waals surface area contributed by atoms with Crippen LogP contribution in [0.2, 0.25) is 0 Å². The van der Waals surface area contributed by atoms with Gasteiger partial charge in [0.25, 0.3) is 0 Å². The van der Waals surface area contributed by atoms with Crippen molar-refractivity contribution in [3.63, 3.8) is 0 Å². The van der Waals surface area contributed by atoms with E-state index in [0.717, 1.165) is 25.5 Å². The third-order valence-corrected chi connectivity index (χ3v) is 1.72. The van der Waals surface area contributed by atoms with Crippen LogP contribution >= 0.6 is 0 Å². The predicted molar refractivity (Wildman–Crippen MR) is 40.8 cm³/mol. The SMILES string of the molecule is CCC[C@H](O)[C@@H](C=O)CC. The van der Waals surface area contributed by atoms with Gasteiger partial charge in [0.05, 0.1) is 6.10 Å². The molecule has 0 unspecified atom stereocenters. The van der Waals surface area contributed by atoms with Gasteiger partial charge < -0.3 is 9.90 Å². The van der Waals surface area contributed by atoms with Gasteiger partial charge in [0.1, 0.15) is 6.29 Å². The van der Waals surface area contributed by atoms with Crippen LogP contribution in [0.5, 0.6) is 0 Å². The molecule has 2 nitrogen and oxygen atoms in total. The van der Waals surface area contributed by atoms with Crippen molar-refractivity contribution in [2.45, 2.75) is 39.2 Å². The molecule has 0 heterocycles. The van der Waals surface area contributed by atoms with Crippen LogP contribution in [-0.4, -0.2) is 17.5 Å². The van der Waals surface area contributed by atoms with Gasteiger partial charge in [0.2, 0.25) is 0 Å². The molecule has 0 radical (unpaired) electrons. The lowest BCUT2D eigenvalue weighted by molar-refractivity contribution is -0.114. The van der Waals surface area contributed by atoms with Crippen LogP contribution in [0.15, 0.2) is 0 Å². The Morgan fingerprint density at radius 2 is 2.10 bits per heavy atom. The van der Waals surface area contributed by atoms with E-state index in [9.17, 15) is 9.90 Å². The van der Waals surface area contributed by atoms with Crippen LogP contribution in [0.1, 0.15) is 33.1 Å². The number of aldehydes is 1.